The molecule has 2 aromatic rings. The van der Waals surface area contributed by atoms with E-state index < -0.39 is 5.41 Å². The van der Waals surface area contributed by atoms with Crippen LogP contribution in [0.3, 0.4) is 0 Å². The number of fused-ring (bicyclic) bond motifs is 3. The minimum absolute atomic E-state index is 0.0331. The number of anilines is 2. The van der Waals surface area contributed by atoms with Crippen molar-refractivity contribution in [3.05, 3.63) is 35.0 Å². The van der Waals surface area contributed by atoms with Crippen molar-refractivity contribution in [2.45, 2.75) is 50.5 Å². The summed E-state index contributed by atoms with van der Waals surface area (Å²) < 4.78 is 0. The van der Waals surface area contributed by atoms with Gasteiger partial charge in [-0.1, -0.05) is 6.07 Å². The fourth-order valence-corrected chi connectivity index (χ4v) is 5.09. The molecule has 0 radical (unpaired) electrons. The number of nitriles is 1. The molecule has 6 nitrogen and oxygen atoms in total. The first kappa shape index (κ1) is 16.1. The van der Waals surface area contributed by atoms with E-state index in [9.17, 15) is 10.1 Å². The third kappa shape index (κ3) is 1.94. The second-order valence-electron chi connectivity index (χ2n) is 8.55. The Morgan fingerprint density at radius 3 is 2.93 bits per heavy atom. The lowest BCUT2D eigenvalue weighted by molar-refractivity contribution is -0.118. The van der Waals surface area contributed by atoms with Crippen LogP contribution in [0.25, 0.3) is 11.3 Å². The van der Waals surface area contributed by atoms with Crippen LogP contribution in [-0.2, 0) is 23.1 Å². The molecule has 4 aliphatic rings. The summed E-state index contributed by atoms with van der Waals surface area (Å²) in [6, 6.07) is 8.89. The minimum atomic E-state index is -0.648. The van der Waals surface area contributed by atoms with Crippen molar-refractivity contribution in [3.63, 3.8) is 0 Å². The standard InChI is InChI=1S/C22H21N5O/c1-12-7-8-27(12)21-25-17-4-2-3-15(17)19(26-21)13-5-6-18-16(9-13)22(20(28)24-18)10-14(22)11-23/h5-6,9,12,14H,2-4,7-8,10H2,1H3,(H,24,28)/t12-,14-,22+/m0/s1. The fourth-order valence-electron chi connectivity index (χ4n) is 5.09. The number of hydrogen-bond donors (Lipinski definition) is 1. The molecule has 0 unspecified atom stereocenters. The summed E-state index contributed by atoms with van der Waals surface area (Å²) in [6.45, 7) is 3.22. The molecule has 6 rings (SSSR count). The molecular formula is C22H21N5O. The number of nitrogens with zero attached hydrogens (tertiary/aromatic N) is 4. The number of carbonyl (C=O) groups is 1. The van der Waals surface area contributed by atoms with Crippen LogP contribution in [0.4, 0.5) is 11.6 Å². The Kier molecular flexibility index (Phi) is 3.05. The first-order valence-corrected chi connectivity index (χ1v) is 10.1. The number of carbonyl (C=O) groups excluding carboxylic acids is 1. The maximum absolute atomic E-state index is 12.6. The monoisotopic (exact) mass is 371 g/mol. The van der Waals surface area contributed by atoms with Gasteiger partial charge < -0.3 is 10.2 Å². The predicted molar refractivity (Wildman–Crippen MR) is 105 cm³/mol. The van der Waals surface area contributed by atoms with Crippen molar-refractivity contribution in [2.75, 3.05) is 16.8 Å². The molecule has 0 bridgehead atoms. The van der Waals surface area contributed by atoms with Gasteiger partial charge in [0, 0.05) is 35.1 Å². The molecule has 1 saturated carbocycles. The summed E-state index contributed by atoms with van der Waals surface area (Å²) in [5, 5.41) is 12.4. The quantitative estimate of drug-likeness (QED) is 0.878. The number of aryl methyl sites for hydroxylation is 1. The Balaban J connectivity index is 1.49. The number of amides is 1. The molecule has 1 saturated heterocycles. The van der Waals surface area contributed by atoms with Crippen molar-refractivity contribution in [2.24, 2.45) is 5.92 Å². The van der Waals surface area contributed by atoms with Gasteiger partial charge in [0.1, 0.15) is 0 Å². The molecule has 2 aliphatic carbocycles. The molecule has 3 atom stereocenters. The molecule has 1 aromatic carbocycles. The van der Waals surface area contributed by atoms with Crippen molar-refractivity contribution >= 4 is 17.5 Å². The van der Waals surface area contributed by atoms with Crippen molar-refractivity contribution < 1.29 is 4.79 Å². The zero-order valence-corrected chi connectivity index (χ0v) is 15.8. The molecular weight excluding hydrogens is 350 g/mol. The van der Waals surface area contributed by atoms with Gasteiger partial charge in [-0.05, 0) is 56.7 Å². The van der Waals surface area contributed by atoms with Crippen LogP contribution in [0, 0.1) is 17.2 Å². The van der Waals surface area contributed by atoms with Crippen molar-refractivity contribution in [1.29, 1.82) is 5.26 Å². The summed E-state index contributed by atoms with van der Waals surface area (Å²) in [7, 11) is 0. The molecule has 1 amide bonds. The van der Waals surface area contributed by atoms with Gasteiger partial charge in [0.25, 0.3) is 0 Å². The van der Waals surface area contributed by atoms with Gasteiger partial charge in [-0.15, -0.1) is 0 Å². The lowest BCUT2D eigenvalue weighted by Gasteiger charge is -2.39. The Morgan fingerprint density at radius 1 is 1.32 bits per heavy atom. The highest BCUT2D eigenvalue weighted by molar-refractivity contribution is 6.09. The topological polar surface area (TPSA) is 81.9 Å². The zero-order chi connectivity index (χ0) is 19.0. The summed E-state index contributed by atoms with van der Waals surface area (Å²) in [4.78, 5) is 24.7. The van der Waals surface area contributed by atoms with Crippen molar-refractivity contribution in [3.8, 4) is 17.3 Å². The third-order valence-electron chi connectivity index (χ3n) is 7.04. The first-order chi connectivity index (χ1) is 13.6. The van der Waals surface area contributed by atoms with Crippen LogP contribution in [0.1, 0.15) is 43.0 Å². The fraction of sp³-hybridized carbons (Fsp3) is 0.455. The highest BCUT2D eigenvalue weighted by Gasteiger charge is 2.65. The molecule has 3 heterocycles. The summed E-state index contributed by atoms with van der Waals surface area (Å²) in [5.41, 5.74) is 5.61. The SMILES string of the molecule is C[C@H]1CCN1c1nc2c(c(-c3ccc4c(c3)[C@]3(C[C@H]3C#N)C(=O)N4)n1)CCC2. The number of rotatable bonds is 2. The largest absolute Gasteiger partial charge is 0.338 e. The number of aromatic nitrogens is 2. The van der Waals surface area contributed by atoms with Crippen LogP contribution in [0.5, 0.6) is 0 Å². The predicted octanol–water partition coefficient (Wildman–Crippen LogP) is 2.96. The highest BCUT2D eigenvalue weighted by Crippen LogP contribution is 2.60. The number of benzene rings is 1. The Morgan fingerprint density at radius 2 is 2.21 bits per heavy atom. The Labute approximate surface area is 163 Å². The third-order valence-corrected chi connectivity index (χ3v) is 7.04. The van der Waals surface area contributed by atoms with Crippen LogP contribution in [-0.4, -0.2) is 28.5 Å². The smallest absolute Gasteiger partial charge is 0.236 e. The molecule has 1 spiro atoms. The van der Waals surface area contributed by atoms with Crippen LogP contribution in [0.2, 0.25) is 0 Å². The lowest BCUT2D eigenvalue weighted by Crippen LogP contribution is -2.46. The van der Waals surface area contributed by atoms with E-state index in [0.717, 1.165) is 54.3 Å². The number of hydrogen-bond acceptors (Lipinski definition) is 5. The van der Waals surface area contributed by atoms with Crippen LogP contribution < -0.4 is 10.2 Å². The number of nitrogens with one attached hydrogen (secondary N) is 1. The van der Waals surface area contributed by atoms with E-state index in [0.29, 0.717) is 12.5 Å². The molecule has 2 aliphatic heterocycles. The molecule has 28 heavy (non-hydrogen) atoms. The van der Waals surface area contributed by atoms with Gasteiger partial charge in [-0.3, -0.25) is 4.79 Å². The normalized spacial score (nSPS) is 29.1. The highest BCUT2D eigenvalue weighted by atomic mass is 16.2. The minimum Gasteiger partial charge on any atom is -0.338 e. The van der Waals surface area contributed by atoms with Gasteiger partial charge in [-0.25, -0.2) is 9.97 Å². The maximum atomic E-state index is 12.6. The van der Waals surface area contributed by atoms with Crippen LogP contribution >= 0.6 is 0 Å². The lowest BCUT2D eigenvalue weighted by atomic mass is 9.92. The van der Waals surface area contributed by atoms with E-state index in [2.05, 4.69) is 29.3 Å². The van der Waals surface area contributed by atoms with Crippen LogP contribution in [0.15, 0.2) is 18.2 Å². The average molecular weight is 371 g/mol. The van der Waals surface area contributed by atoms with Gasteiger partial charge in [0.05, 0.1) is 23.1 Å². The Hall–Kier alpha value is -2.94. The first-order valence-electron chi connectivity index (χ1n) is 10.1. The maximum Gasteiger partial charge on any atom is 0.236 e. The zero-order valence-electron chi connectivity index (χ0n) is 15.8. The molecule has 140 valence electrons. The molecule has 1 aromatic heterocycles. The van der Waals surface area contributed by atoms with Gasteiger partial charge in [0.2, 0.25) is 11.9 Å². The molecule has 6 heteroatoms. The summed E-state index contributed by atoms with van der Waals surface area (Å²) in [5.74, 6) is 0.576. The van der Waals surface area contributed by atoms with E-state index in [4.69, 9.17) is 9.97 Å². The van der Waals surface area contributed by atoms with Gasteiger partial charge in [-0.2, -0.15) is 5.26 Å². The second kappa shape index (κ2) is 5.32. The average Bonchev–Trinajstić information content (AvgIpc) is 3.14. The summed E-state index contributed by atoms with van der Waals surface area (Å²) >= 11 is 0. The van der Waals surface area contributed by atoms with Gasteiger partial charge in [0.15, 0.2) is 0 Å². The second-order valence-corrected chi connectivity index (χ2v) is 8.55. The summed E-state index contributed by atoms with van der Waals surface area (Å²) in [6.07, 6.45) is 4.92. The van der Waals surface area contributed by atoms with Crippen molar-refractivity contribution in [1.82, 2.24) is 9.97 Å². The van der Waals surface area contributed by atoms with Gasteiger partial charge >= 0.3 is 0 Å². The van der Waals surface area contributed by atoms with E-state index >= 15 is 0 Å². The molecule has 1 N–H and O–H groups in total. The van der Waals surface area contributed by atoms with E-state index in [-0.39, 0.29) is 11.8 Å². The van der Waals surface area contributed by atoms with E-state index in [1.165, 1.54) is 17.7 Å². The Bertz CT molecular complexity index is 1090. The van der Waals surface area contributed by atoms with E-state index in [1.807, 2.05) is 12.1 Å². The van der Waals surface area contributed by atoms with E-state index in [1.54, 1.807) is 0 Å². The molecule has 2 fully saturated rings.